The van der Waals surface area contributed by atoms with E-state index in [1.54, 1.807) is 7.05 Å². The van der Waals surface area contributed by atoms with Gasteiger partial charge in [0.15, 0.2) is 5.96 Å². The van der Waals surface area contributed by atoms with Crippen LogP contribution in [0, 0.1) is 5.41 Å². The number of ether oxygens (including phenoxy) is 2. The zero-order valence-electron chi connectivity index (χ0n) is 15.2. The van der Waals surface area contributed by atoms with Gasteiger partial charge in [0.2, 0.25) is 0 Å². The maximum absolute atomic E-state index is 12.5. The van der Waals surface area contributed by atoms with Crippen LogP contribution >= 0.6 is 24.0 Å². The van der Waals surface area contributed by atoms with Gasteiger partial charge in [0.05, 0.1) is 18.7 Å². The van der Waals surface area contributed by atoms with Crippen LogP contribution in [0.1, 0.15) is 18.4 Å². The number of guanidine groups is 1. The van der Waals surface area contributed by atoms with Crippen LogP contribution in [0.3, 0.4) is 0 Å². The lowest BCUT2D eigenvalue weighted by molar-refractivity contribution is -0.137. The Morgan fingerprint density at radius 2 is 2.04 bits per heavy atom. The number of nitrogens with one attached hydrogen (secondary N) is 1. The lowest BCUT2D eigenvalue weighted by Gasteiger charge is -2.24. The third kappa shape index (κ3) is 5.63. The van der Waals surface area contributed by atoms with E-state index in [0.29, 0.717) is 18.9 Å². The van der Waals surface area contributed by atoms with Crippen molar-refractivity contribution in [2.24, 2.45) is 10.4 Å². The lowest BCUT2D eigenvalue weighted by atomic mass is 9.87. The molecule has 0 aromatic heterocycles. The highest BCUT2D eigenvalue weighted by Crippen LogP contribution is 2.38. The van der Waals surface area contributed by atoms with Crippen molar-refractivity contribution >= 4 is 29.9 Å². The lowest BCUT2D eigenvalue weighted by Crippen LogP contribution is -2.42. The Kier molecular flexibility index (Phi) is 7.61. The molecule has 1 aromatic rings. The minimum Gasteiger partial charge on any atom is -0.492 e. The molecule has 2 aliphatic rings. The number of rotatable bonds is 4. The van der Waals surface area contributed by atoms with Crippen LogP contribution in [0.4, 0.5) is 13.2 Å². The van der Waals surface area contributed by atoms with Crippen molar-refractivity contribution in [3.05, 3.63) is 29.8 Å². The van der Waals surface area contributed by atoms with Gasteiger partial charge >= 0.3 is 6.18 Å². The molecule has 2 aliphatic heterocycles. The average Bonchev–Trinajstić information content (AvgIpc) is 3.25. The van der Waals surface area contributed by atoms with Crippen LogP contribution in [0.25, 0.3) is 0 Å². The fourth-order valence-electron chi connectivity index (χ4n) is 3.49. The van der Waals surface area contributed by atoms with Crippen molar-refractivity contribution in [1.29, 1.82) is 0 Å². The molecule has 2 fully saturated rings. The summed E-state index contributed by atoms with van der Waals surface area (Å²) in [6.45, 7) is 4.40. The van der Waals surface area contributed by atoms with E-state index in [1.165, 1.54) is 12.1 Å². The van der Waals surface area contributed by atoms with Gasteiger partial charge in [0, 0.05) is 32.2 Å². The molecule has 1 atom stereocenters. The predicted octanol–water partition coefficient (Wildman–Crippen LogP) is 3.39. The van der Waals surface area contributed by atoms with E-state index in [1.807, 2.05) is 0 Å². The zero-order chi connectivity index (χ0) is 18.6. The molecule has 1 spiro atoms. The van der Waals surface area contributed by atoms with E-state index in [-0.39, 0.29) is 29.4 Å². The van der Waals surface area contributed by atoms with Gasteiger partial charge < -0.3 is 19.7 Å². The van der Waals surface area contributed by atoms with Crippen LogP contribution in [0.5, 0.6) is 5.75 Å². The molecular weight excluding hydrogens is 474 g/mol. The van der Waals surface area contributed by atoms with Gasteiger partial charge in [-0.15, -0.1) is 24.0 Å². The SMILES string of the molecule is CN=C(NCCOc1ccc(C(F)(F)F)cc1)N1CCC2(CCOC2)C1.I. The number of hydrogen-bond acceptors (Lipinski definition) is 3. The highest BCUT2D eigenvalue weighted by atomic mass is 127. The number of aliphatic imine (C=N–C) groups is 1. The second-order valence-electron chi connectivity index (χ2n) is 6.82. The normalized spacial score (nSPS) is 22.8. The summed E-state index contributed by atoms with van der Waals surface area (Å²) in [5, 5.41) is 3.25. The molecule has 5 nitrogen and oxygen atoms in total. The van der Waals surface area contributed by atoms with E-state index < -0.39 is 11.7 Å². The van der Waals surface area contributed by atoms with Crippen molar-refractivity contribution in [2.75, 3.05) is 46.5 Å². The van der Waals surface area contributed by atoms with Crippen LogP contribution in [0.15, 0.2) is 29.3 Å². The van der Waals surface area contributed by atoms with Gasteiger partial charge in [0.1, 0.15) is 12.4 Å². The molecule has 0 aliphatic carbocycles. The quantitative estimate of drug-likeness (QED) is 0.299. The van der Waals surface area contributed by atoms with E-state index >= 15 is 0 Å². The Morgan fingerprint density at radius 3 is 2.63 bits per heavy atom. The first kappa shape index (κ1) is 22.1. The molecule has 0 amide bonds. The first-order valence-corrected chi connectivity index (χ1v) is 8.75. The smallest absolute Gasteiger partial charge is 0.416 e. The van der Waals surface area contributed by atoms with Gasteiger partial charge in [-0.1, -0.05) is 0 Å². The second kappa shape index (κ2) is 9.31. The summed E-state index contributed by atoms with van der Waals surface area (Å²) < 4.78 is 48.7. The van der Waals surface area contributed by atoms with Crippen LogP contribution in [-0.4, -0.2) is 57.4 Å². The second-order valence-corrected chi connectivity index (χ2v) is 6.82. The van der Waals surface area contributed by atoms with E-state index in [2.05, 4.69) is 15.2 Å². The van der Waals surface area contributed by atoms with E-state index in [4.69, 9.17) is 9.47 Å². The van der Waals surface area contributed by atoms with E-state index in [9.17, 15) is 13.2 Å². The molecule has 152 valence electrons. The Labute approximate surface area is 174 Å². The Balaban J connectivity index is 0.00000261. The fourth-order valence-corrected chi connectivity index (χ4v) is 3.49. The van der Waals surface area contributed by atoms with Gasteiger partial charge in [-0.2, -0.15) is 13.2 Å². The summed E-state index contributed by atoms with van der Waals surface area (Å²) in [6, 6.07) is 4.72. The Bertz CT molecular complexity index is 632. The van der Waals surface area contributed by atoms with Gasteiger partial charge in [-0.05, 0) is 37.1 Å². The van der Waals surface area contributed by atoms with Crippen molar-refractivity contribution in [3.63, 3.8) is 0 Å². The molecule has 0 saturated carbocycles. The predicted molar refractivity (Wildman–Crippen MR) is 108 cm³/mol. The molecule has 27 heavy (non-hydrogen) atoms. The molecule has 9 heteroatoms. The van der Waals surface area contributed by atoms with Crippen LogP contribution < -0.4 is 10.1 Å². The number of halogens is 4. The summed E-state index contributed by atoms with van der Waals surface area (Å²) in [5.41, 5.74) is -0.420. The van der Waals surface area contributed by atoms with Crippen LogP contribution in [-0.2, 0) is 10.9 Å². The molecule has 0 bridgehead atoms. The maximum Gasteiger partial charge on any atom is 0.416 e. The Hall–Kier alpha value is -1.23. The third-order valence-corrected chi connectivity index (χ3v) is 4.97. The summed E-state index contributed by atoms with van der Waals surface area (Å²) in [5.74, 6) is 1.24. The van der Waals surface area contributed by atoms with Crippen molar-refractivity contribution in [3.8, 4) is 5.75 Å². The number of benzene rings is 1. The van der Waals surface area contributed by atoms with Gasteiger partial charge in [-0.3, -0.25) is 4.99 Å². The molecule has 1 N–H and O–H groups in total. The monoisotopic (exact) mass is 499 g/mol. The highest BCUT2D eigenvalue weighted by molar-refractivity contribution is 14.0. The minimum absolute atomic E-state index is 0. The third-order valence-electron chi connectivity index (χ3n) is 4.97. The van der Waals surface area contributed by atoms with Gasteiger partial charge in [0.25, 0.3) is 0 Å². The van der Waals surface area contributed by atoms with Crippen molar-refractivity contribution in [1.82, 2.24) is 10.2 Å². The van der Waals surface area contributed by atoms with Crippen molar-refractivity contribution in [2.45, 2.75) is 19.0 Å². The fraction of sp³-hybridized carbons (Fsp3) is 0.611. The minimum atomic E-state index is -4.33. The first-order valence-electron chi connectivity index (χ1n) is 8.75. The largest absolute Gasteiger partial charge is 0.492 e. The Morgan fingerprint density at radius 1 is 1.30 bits per heavy atom. The standard InChI is InChI=1S/C18H24F3N3O2.HI/c1-22-16(24-9-6-17(12-24)7-10-25-13-17)23-8-11-26-15-4-2-14(3-5-15)18(19,20)21;/h2-5H,6-13H2,1H3,(H,22,23);1H. The number of hydrogen-bond donors (Lipinski definition) is 1. The van der Waals surface area contributed by atoms with Gasteiger partial charge in [-0.25, -0.2) is 0 Å². The topological polar surface area (TPSA) is 46.1 Å². The first-order chi connectivity index (χ1) is 12.4. The molecule has 3 rings (SSSR count). The summed E-state index contributed by atoms with van der Waals surface area (Å²) in [4.78, 5) is 6.55. The molecule has 2 saturated heterocycles. The van der Waals surface area contributed by atoms with E-state index in [0.717, 1.165) is 57.2 Å². The van der Waals surface area contributed by atoms with Crippen LogP contribution in [0.2, 0.25) is 0 Å². The highest BCUT2D eigenvalue weighted by Gasteiger charge is 2.42. The molecule has 2 heterocycles. The summed E-state index contributed by atoms with van der Waals surface area (Å²) >= 11 is 0. The molecule has 1 aromatic carbocycles. The zero-order valence-corrected chi connectivity index (χ0v) is 17.5. The summed E-state index contributed by atoms with van der Waals surface area (Å²) in [6.07, 6.45) is -2.13. The maximum atomic E-state index is 12.5. The molecular formula is C18H25F3IN3O2. The number of nitrogens with zero attached hydrogens (tertiary/aromatic N) is 2. The molecule has 1 unspecified atom stereocenters. The number of likely N-dealkylation sites (tertiary alicyclic amines) is 1. The molecule has 0 radical (unpaired) electrons. The average molecular weight is 499 g/mol. The summed E-state index contributed by atoms with van der Waals surface area (Å²) in [7, 11) is 1.75. The number of alkyl halides is 3. The van der Waals surface area contributed by atoms with Crippen molar-refractivity contribution < 1.29 is 22.6 Å².